The van der Waals surface area contributed by atoms with Crippen LogP contribution in [0.1, 0.15) is 30.4 Å². The average Bonchev–Trinajstić information content (AvgIpc) is 3.27. The number of hydrazone groups is 1. The molecule has 1 N–H and O–H groups in total. The van der Waals surface area contributed by atoms with E-state index >= 15 is 0 Å². The van der Waals surface area contributed by atoms with Crippen LogP contribution in [0, 0.1) is 0 Å². The number of carbonyl (C=O) groups is 2. The molecule has 1 heterocycles. The van der Waals surface area contributed by atoms with Crippen molar-refractivity contribution in [2.24, 2.45) is 5.10 Å². The van der Waals surface area contributed by atoms with Crippen LogP contribution in [0.2, 0.25) is 0 Å². The molecule has 3 rings (SSSR count). The molecule has 2 aromatic carbocycles. The number of hydrogen-bond acceptors (Lipinski definition) is 5. The summed E-state index contributed by atoms with van der Waals surface area (Å²) >= 11 is 0. The van der Waals surface area contributed by atoms with E-state index in [9.17, 15) is 18.0 Å². The van der Waals surface area contributed by atoms with Gasteiger partial charge in [-0.1, -0.05) is 42.5 Å². The first-order valence-corrected chi connectivity index (χ1v) is 11.4. The molecule has 0 bridgehead atoms. The van der Waals surface area contributed by atoms with Gasteiger partial charge in [-0.25, -0.2) is 17.7 Å². The Balaban J connectivity index is 1.45. The first-order chi connectivity index (χ1) is 14.8. The summed E-state index contributed by atoms with van der Waals surface area (Å²) in [6.07, 6.45) is 0.845. The zero-order chi connectivity index (χ0) is 22.4. The van der Waals surface area contributed by atoms with Crippen molar-refractivity contribution in [3.63, 3.8) is 0 Å². The maximum absolute atomic E-state index is 12.4. The van der Waals surface area contributed by atoms with Crippen LogP contribution in [0.15, 0.2) is 64.6 Å². The van der Waals surface area contributed by atoms with Crippen molar-refractivity contribution in [2.45, 2.75) is 30.7 Å². The minimum absolute atomic E-state index is 0.0681. The maximum atomic E-state index is 12.4. The highest BCUT2D eigenvalue weighted by Gasteiger charge is 2.22. The second-order valence-corrected chi connectivity index (χ2v) is 9.54. The molecule has 0 atom stereocenters. The van der Waals surface area contributed by atoms with Crippen LogP contribution in [-0.2, 0) is 26.2 Å². The molecule has 0 radical (unpaired) electrons. The minimum atomic E-state index is -3.48. The quantitative estimate of drug-likeness (QED) is 0.676. The lowest BCUT2D eigenvalue weighted by Crippen LogP contribution is -2.27. The molecule has 1 aliphatic rings. The van der Waals surface area contributed by atoms with E-state index in [-0.39, 0.29) is 36.1 Å². The molecule has 31 heavy (non-hydrogen) atoms. The number of sulfonamides is 1. The lowest BCUT2D eigenvalue weighted by atomic mass is 10.1. The number of nitrogens with zero attached hydrogens (tertiary/aromatic N) is 3. The van der Waals surface area contributed by atoms with Gasteiger partial charge in [0.2, 0.25) is 21.8 Å². The van der Waals surface area contributed by atoms with Gasteiger partial charge in [-0.2, -0.15) is 5.10 Å². The maximum Gasteiger partial charge on any atom is 0.243 e. The minimum Gasteiger partial charge on any atom is -0.352 e. The van der Waals surface area contributed by atoms with Gasteiger partial charge < -0.3 is 5.32 Å². The summed E-state index contributed by atoms with van der Waals surface area (Å²) in [6, 6.07) is 16.1. The lowest BCUT2D eigenvalue weighted by molar-refractivity contribution is -0.133. The van der Waals surface area contributed by atoms with Gasteiger partial charge in [0.15, 0.2) is 0 Å². The Morgan fingerprint density at radius 2 is 1.71 bits per heavy atom. The second kappa shape index (κ2) is 9.84. The van der Waals surface area contributed by atoms with Crippen LogP contribution in [0.5, 0.6) is 0 Å². The molecule has 0 aliphatic carbocycles. The summed E-state index contributed by atoms with van der Waals surface area (Å²) < 4.78 is 25.3. The fourth-order valence-electron chi connectivity index (χ4n) is 3.10. The number of benzene rings is 2. The Bertz CT molecular complexity index is 1060. The van der Waals surface area contributed by atoms with E-state index in [1.807, 2.05) is 30.3 Å². The number of amides is 2. The standard InChI is InChI=1S/C22H26N4O4S/c1-25(2)31(29,30)19-10-8-17(9-11-19)16-23-21(27)12-13-22(28)26-15-14-20(24-26)18-6-4-3-5-7-18/h3-11H,12-16H2,1-2H3,(H,23,27). The molecular formula is C22H26N4O4S. The van der Waals surface area contributed by atoms with Crippen molar-refractivity contribution < 1.29 is 18.0 Å². The zero-order valence-electron chi connectivity index (χ0n) is 17.6. The number of carbonyl (C=O) groups excluding carboxylic acids is 2. The van der Waals surface area contributed by atoms with E-state index in [0.29, 0.717) is 13.0 Å². The topological polar surface area (TPSA) is 99.2 Å². The normalized spacial score (nSPS) is 13.9. The van der Waals surface area contributed by atoms with Crippen molar-refractivity contribution in [1.29, 1.82) is 0 Å². The molecule has 2 aromatic rings. The van der Waals surface area contributed by atoms with Crippen molar-refractivity contribution in [1.82, 2.24) is 14.6 Å². The third-order valence-corrected chi connectivity index (χ3v) is 6.78. The van der Waals surface area contributed by atoms with Crippen LogP contribution < -0.4 is 5.32 Å². The summed E-state index contributed by atoms with van der Waals surface area (Å²) in [7, 11) is -0.534. The summed E-state index contributed by atoms with van der Waals surface area (Å²) in [5.41, 5.74) is 2.65. The summed E-state index contributed by atoms with van der Waals surface area (Å²) in [5.74, 6) is -0.427. The van der Waals surface area contributed by atoms with Crippen LogP contribution in [0.25, 0.3) is 0 Å². The van der Waals surface area contributed by atoms with Crippen LogP contribution in [0.4, 0.5) is 0 Å². The average molecular weight is 443 g/mol. The smallest absolute Gasteiger partial charge is 0.243 e. The van der Waals surface area contributed by atoms with E-state index < -0.39 is 10.0 Å². The SMILES string of the molecule is CN(C)S(=O)(=O)c1ccc(CNC(=O)CCC(=O)N2CCC(c3ccccc3)=N2)cc1. The number of rotatable bonds is 8. The molecule has 1 aliphatic heterocycles. The van der Waals surface area contributed by atoms with Crippen LogP contribution in [-0.4, -0.2) is 55.9 Å². The fourth-order valence-corrected chi connectivity index (χ4v) is 4.00. The summed E-state index contributed by atoms with van der Waals surface area (Å²) in [4.78, 5) is 24.7. The van der Waals surface area contributed by atoms with Crippen molar-refractivity contribution in [2.75, 3.05) is 20.6 Å². The number of nitrogens with one attached hydrogen (secondary N) is 1. The predicted octanol–water partition coefficient (Wildman–Crippen LogP) is 1.97. The fraction of sp³-hybridized carbons (Fsp3) is 0.318. The van der Waals surface area contributed by atoms with Crippen LogP contribution >= 0.6 is 0 Å². The molecule has 8 nitrogen and oxygen atoms in total. The monoisotopic (exact) mass is 442 g/mol. The van der Waals surface area contributed by atoms with Crippen molar-refractivity contribution in [3.05, 3.63) is 65.7 Å². The van der Waals surface area contributed by atoms with Gasteiger partial charge in [0.05, 0.1) is 17.2 Å². The predicted molar refractivity (Wildman–Crippen MR) is 118 cm³/mol. The largest absolute Gasteiger partial charge is 0.352 e. The molecule has 0 aromatic heterocycles. The molecular weight excluding hydrogens is 416 g/mol. The summed E-state index contributed by atoms with van der Waals surface area (Å²) in [6.45, 7) is 0.780. The van der Waals surface area contributed by atoms with Gasteiger partial charge in [0, 0.05) is 39.9 Å². The first-order valence-electron chi connectivity index (χ1n) is 9.99. The molecule has 164 valence electrons. The highest BCUT2D eigenvalue weighted by molar-refractivity contribution is 7.89. The van der Waals surface area contributed by atoms with Gasteiger partial charge in [-0.3, -0.25) is 9.59 Å². The molecule has 0 unspecified atom stereocenters. The Kier molecular flexibility index (Phi) is 7.19. The van der Waals surface area contributed by atoms with E-state index in [1.54, 1.807) is 12.1 Å². The Morgan fingerprint density at radius 3 is 2.35 bits per heavy atom. The summed E-state index contributed by atoms with van der Waals surface area (Å²) in [5, 5.41) is 8.57. The molecule has 2 amide bonds. The van der Waals surface area contributed by atoms with Crippen molar-refractivity contribution >= 4 is 27.5 Å². The van der Waals surface area contributed by atoms with Gasteiger partial charge in [0.1, 0.15) is 0 Å². The molecule has 0 spiro atoms. The van der Waals surface area contributed by atoms with Gasteiger partial charge in [-0.05, 0) is 23.3 Å². The molecule has 9 heteroatoms. The van der Waals surface area contributed by atoms with Crippen LogP contribution in [0.3, 0.4) is 0 Å². The van der Waals surface area contributed by atoms with E-state index in [2.05, 4.69) is 10.4 Å². The Hall–Kier alpha value is -3.04. The Labute approximate surface area is 182 Å². The Morgan fingerprint density at radius 1 is 1.03 bits per heavy atom. The highest BCUT2D eigenvalue weighted by atomic mass is 32.2. The third-order valence-electron chi connectivity index (χ3n) is 4.95. The van der Waals surface area contributed by atoms with Crippen molar-refractivity contribution in [3.8, 4) is 0 Å². The van der Waals surface area contributed by atoms with Gasteiger partial charge in [0.25, 0.3) is 0 Å². The highest BCUT2D eigenvalue weighted by Crippen LogP contribution is 2.16. The molecule has 0 fully saturated rings. The number of hydrogen-bond donors (Lipinski definition) is 1. The zero-order valence-corrected chi connectivity index (χ0v) is 18.4. The van der Waals surface area contributed by atoms with E-state index in [1.165, 1.54) is 31.2 Å². The third kappa shape index (κ3) is 5.77. The van der Waals surface area contributed by atoms with Gasteiger partial charge >= 0.3 is 0 Å². The lowest BCUT2D eigenvalue weighted by Gasteiger charge is -2.12. The molecule has 0 saturated heterocycles. The second-order valence-electron chi connectivity index (χ2n) is 7.39. The van der Waals surface area contributed by atoms with Gasteiger partial charge in [-0.15, -0.1) is 0 Å². The molecule has 0 saturated carbocycles. The van der Waals surface area contributed by atoms with E-state index in [4.69, 9.17) is 0 Å². The van der Waals surface area contributed by atoms with E-state index in [0.717, 1.165) is 21.1 Å². The first kappa shape index (κ1) is 22.6.